The average molecular weight is 420 g/mol. The van der Waals surface area contributed by atoms with Crippen molar-refractivity contribution in [2.24, 2.45) is 0 Å². The van der Waals surface area contributed by atoms with E-state index in [0.717, 1.165) is 29.9 Å². The van der Waals surface area contributed by atoms with Gasteiger partial charge in [-0.15, -0.1) is 0 Å². The minimum Gasteiger partial charge on any atom is -0.368 e. The molecule has 0 saturated carbocycles. The van der Waals surface area contributed by atoms with E-state index in [9.17, 15) is 9.59 Å². The zero-order valence-corrected chi connectivity index (χ0v) is 18.2. The first-order valence-corrected chi connectivity index (χ1v) is 10.4. The van der Waals surface area contributed by atoms with Crippen molar-refractivity contribution in [3.05, 3.63) is 77.4 Å². The Hall–Kier alpha value is -3.22. The van der Waals surface area contributed by atoms with Crippen molar-refractivity contribution in [1.29, 1.82) is 0 Å². The molecule has 1 amide bonds. The number of rotatable bonds is 6. The number of piperazine rings is 1. The Morgan fingerprint density at radius 1 is 0.968 bits per heavy atom. The van der Waals surface area contributed by atoms with Crippen LogP contribution in [0.25, 0.3) is 12.2 Å². The van der Waals surface area contributed by atoms with Gasteiger partial charge in [-0.3, -0.25) is 19.7 Å². The van der Waals surface area contributed by atoms with Crippen LogP contribution in [0.4, 0.5) is 5.69 Å². The maximum absolute atomic E-state index is 12.6. The molecular formula is C25H29N3O3. The molecule has 2 aromatic rings. The standard InChI is InChI=1S/C25H29N3O3/c1-18-16-28(17-19(2)27(18)3)23-11-9-22(10-12-23)24(29)13-7-20-5-4-6-21(15-20)8-14-25(30)26-31/h4-15,18-19,31H,16-17H2,1-3H3,(H,26,30)/t18-,19+. The monoisotopic (exact) mass is 419 g/mol. The molecule has 0 unspecified atom stereocenters. The number of carbonyl (C=O) groups excluding carboxylic acids is 2. The second kappa shape index (κ2) is 10.2. The molecule has 2 N–H and O–H groups in total. The summed E-state index contributed by atoms with van der Waals surface area (Å²) in [6.45, 7) is 6.41. The number of hydrogen-bond acceptors (Lipinski definition) is 5. The number of likely N-dealkylation sites (N-methyl/N-ethyl adjacent to an activating group) is 1. The van der Waals surface area contributed by atoms with E-state index in [0.29, 0.717) is 17.6 Å². The molecule has 31 heavy (non-hydrogen) atoms. The normalized spacial score (nSPS) is 19.8. The number of carbonyl (C=O) groups is 2. The fourth-order valence-corrected chi connectivity index (χ4v) is 3.70. The van der Waals surface area contributed by atoms with E-state index in [4.69, 9.17) is 5.21 Å². The first-order valence-electron chi connectivity index (χ1n) is 10.4. The second-order valence-electron chi connectivity index (χ2n) is 7.99. The number of nitrogens with zero attached hydrogens (tertiary/aromatic N) is 2. The third-order valence-corrected chi connectivity index (χ3v) is 5.75. The Balaban J connectivity index is 1.65. The summed E-state index contributed by atoms with van der Waals surface area (Å²) < 4.78 is 0. The van der Waals surface area contributed by atoms with Crippen LogP contribution in [0.1, 0.15) is 35.3 Å². The maximum Gasteiger partial charge on any atom is 0.267 e. The van der Waals surface area contributed by atoms with Crippen LogP contribution in [0.15, 0.2) is 60.7 Å². The van der Waals surface area contributed by atoms with Crippen LogP contribution in [-0.4, -0.2) is 54.0 Å². The van der Waals surface area contributed by atoms with Crippen LogP contribution >= 0.6 is 0 Å². The molecule has 0 spiro atoms. The van der Waals surface area contributed by atoms with Crippen LogP contribution < -0.4 is 10.4 Å². The number of anilines is 1. The van der Waals surface area contributed by atoms with Crippen molar-refractivity contribution >= 4 is 29.5 Å². The van der Waals surface area contributed by atoms with Gasteiger partial charge in [0.1, 0.15) is 0 Å². The van der Waals surface area contributed by atoms with Crippen molar-refractivity contribution in [1.82, 2.24) is 10.4 Å². The van der Waals surface area contributed by atoms with E-state index >= 15 is 0 Å². The van der Waals surface area contributed by atoms with E-state index in [1.165, 1.54) is 6.08 Å². The Labute approximate surface area is 183 Å². The Morgan fingerprint density at radius 2 is 1.55 bits per heavy atom. The summed E-state index contributed by atoms with van der Waals surface area (Å²) in [4.78, 5) is 28.5. The van der Waals surface area contributed by atoms with Crippen LogP contribution in [0.2, 0.25) is 0 Å². The van der Waals surface area contributed by atoms with E-state index < -0.39 is 5.91 Å². The molecule has 0 aromatic heterocycles. The molecular weight excluding hydrogens is 390 g/mol. The minimum absolute atomic E-state index is 0.0627. The highest BCUT2D eigenvalue weighted by atomic mass is 16.5. The second-order valence-corrected chi connectivity index (χ2v) is 7.99. The maximum atomic E-state index is 12.6. The summed E-state index contributed by atoms with van der Waals surface area (Å²) in [5.74, 6) is -0.660. The zero-order chi connectivity index (χ0) is 22.4. The molecule has 0 aliphatic carbocycles. The minimum atomic E-state index is -0.597. The van der Waals surface area contributed by atoms with Crippen molar-refractivity contribution in [3.63, 3.8) is 0 Å². The van der Waals surface area contributed by atoms with E-state index in [1.807, 2.05) is 48.5 Å². The lowest BCUT2D eigenvalue weighted by Crippen LogP contribution is -2.55. The topological polar surface area (TPSA) is 72.9 Å². The molecule has 2 atom stereocenters. The molecule has 1 aliphatic heterocycles. The van der Waals surface area contributed by atoms with Crippen LogP contribution in [0, 0.1) is 0 Å². The third kappa shape index (κ3) is 5.90. The van der Waals surface area contributed by atoms with Crippen molar-refractivity contribution in [2.45, 2.75) is 25.9 Å². The molecule has 1 aliphatic rings. The lowest BCUT2D eigenvalue weighted by Gasteiger charge is -2.43. The van der Waals surface area contributed by atoms with Crippen LogP contribution in [0.3, 0.4) is 0 Å². The van der Waals surface area contributed by atoms with Crippen LogP contribution in [0.5, 0.6) is 0 Å². The number of benzene rings is 2. The molecule has 0 radical (unpaired) electrons. The fourth-order valence-electron chi connectivity index (χ4n) is 3.70. The largest absolute Gasteiger partial charge is 0.368 e. The number of allylic oxidation sites excluding steroid dienone is 1. The lowest BCUT2D eigenvalue weighted by atomic mass is 10.1. The Kier molecular flexibility index (Phi) is 7.39. The van der Waals surface area contributed by atoms with Gasteiger partial charge in [0.2, 0.25) is 0 Å². The summed E-state index contributed by atoms with van der Waals surface area (Å²) in [7, 11) is 2.17. The highest BCUT2D eigenvalue weighted by Gasteiger charge is 2.26. The molecule has 2 aromatic carbocycles. The lowest BCUT2D eigenvalue weighted by molar-refractivity contribution is -0.124. The van der Waals surface area contributed by atoms with Gasteiger partial charge in [0.15, 0.2) is 5.78 Å². The zero-order valence-electron chi connectivity index (χ0n) is 18.2. The van der Waals surface area contributed by atoms with E-state index in [2.05, 4.69) is 30.7 Å². The number of ketones is 1. The molecule has 162 valence electrons. The predicted octanol–water partition coefficient (Wildman–Crippen LogP) is 3.63. The molecule has 1 fully saturated rings. The highest BCUT2D eigenvalue weighted by molar-refractivity contribution is 6.07. The summed E-state index contributed by atoms with van der Waals surface area (Å²) in [5.41, 5.74) is 4.97. The van der Waals surface area contributed by atoms with Crippen molar-refractivity contribution < 1.29 is 14.8 Å². The SMILES string of the molecule is C[C@@H]1CN(c2ccc(C(=O)C=Cc3cccc(C=CC(=O)NO)c3)cc2)C[C@H](C)N1C. The predicted molar refractivity (Wildman–Crippen MR) is 124 cm³/mol. The van der Waals surface area contributed by atoms with Gasteiger partial charge in [-0.25, -0.2) is 5.48 Å². The summed E-state index contributed by atoms with van der Waals surface area (Å²) in [6, 6.07) is 16.2. The van der Waals surface area contributed by atoms with Gasteiger partial charge in [-0.2, -0.15) is 0 Å². The summed E-state index contributed by atoms with van der Waals surface area (Å²) in [5, 5.41) is 8.54. The van der Waals surface area contributed by atoms with Gasteiger partial charge in [-0.1, -0.05) is 24.3 Å². The first-order chi connectivity index (χ1) is 14.9. The Bertz CT molecular complexity index is 970. The van der Waals surface area contributed by atoms with Gasteiger partial charge >= 0.3 is 0 Å². The van der Waals surface area contributed by atoms with Gasteiger partial charge in [0, 0.05) is 42.5 Å². The molecule has 6 heteroatoms. The van der Waals surface area contributed by atoms with E-state index in [1.54, 1.807) is 23.7 Å². The fraction of sp³-hybridized carbons (Fsp3) is 0.280. The van der Waals surface area contributed by atoms with Gasteiger partial charge in [0.05, 0.1) is 0 Å². The molecule has 1 heterocycles. The van der Waals surface area contributed by atoms with E-state index in [-0.39, 0.29) is 5.78 Å². The van der Waals surface area contributed by atoms with Gasteiger partial charge in [0.25, 0.3) is 5.91 Å². The first kappa shape index (κ1) is 22.5. The van der Waals surface area contributed by atoms with Crippen molar-refractivity contribution in [2.75, 3.05) is 25.0 Å². The molecule has 1 saturated heterocycles. The summed E-state index contributed by atoms with van der Waals surface area (Å²) >= 11 is 0. The van der Waals surface area contributed by atoms with Gasteiger partial charge in [-0.05, 0) is 74.5 Å². The number of hydroxylamine groups is 1. The number of hydrogen-bond donors (Lipinski definition) is 2. The average Bonchev–Trinajstić information content (AvgIpc) is 2.79. The van der Waals surface area contributed by atoms with Crippen LogP contribution in [-0.2, 0) is 4.79 Å². The molecule has 3 rings (SSSR count). The quantitative estimate of drug-likeness (QED) is 0.324. The highest BCUT2D eigenvalue weighted by Crippen LogP contribution is 2.22. The van der Waals surface area contributed by atoms with Gasteiger partial charge < -0.3 is 4.90 Å². The molecule has 6 nitrogen and oxygen atoms in total. The molecule has 0 bridgehead atoms. The summed E-state index contributed by atoms with van der Waals surface area (Å²) in [6.07, 6.45) is 6.13. The Morgan fingerprint density at radius 3 is 2.13 bits per heavy atom. The van der Waals surface area contributed by atoms with Crippen molar-refractivity contribution in [3.8, 4) is 0 Å². The number of amides is 1. The number of nitrogens with one attached hydrogen (secondary N) is 1. The third-order valence-electron chi connectivity index (χ3n) is 5.75. The smallest absolute Gasteiger partial charge is 0.267 e.